The average molecular weight is 361 g/mol. The summed E-state index contributed by atoms with van der Waals surface area (Å²) < 4.78 is 29.2. The molecule has 2 N–H and O–H groups in total. The number of rotatable bonds is 4. The first kappa shape index (κ1) is 16.3. The maximum Gasteiger partial charge on any atom is 0.358 e. The van der Waals surface area contributed by atoms with E-state index >= 15 is 0 Å². The molecule has 3 aromatic rings. The highest BCUT2D eigenvalue weighted by molar-refractivity contribution is 7.86. The maximum atomic E-state index is 12.3. The molecule has 0 heterocycles. The summed E-state index contributed by atoms with van der Waals surface area (Å²) in [6, 6.07) is 18.6. The van der Waals surface area contributed by atoms with Gasteiger partial charge in [-0.25, -0.2) is 0 Å². The average Bonchev–Trinajstić information content (AvgIpc) is 2.60. The molecule has 0 saturated carbocycles. The molecule has 0 spiro atoms. The van der Waals surface area contributed by atoms with Crippen molar-refractivity contribution >= 4 is 38.3 Å². The van der Waals surface area contributed by atoms with Crippen molar-refractivity contribution in [1.29, 1.82) is 0 Å². The van der Waals surface area contributed by atoms with Crippen molar-refractivity contribution < 1.29 is 12.7 Å². The molecule has 0 aliphatic carbocycles. The third-order valence-electron chi connectivity index (χ3n) is 3.38. The largest absolute Gasteiger partial charge is 0.380 e. The molecule has 3 aromatic carbocycles. The van der Waals surface area contributed by atoms with Crippen molar-refractivity contribution in [2.75, 3.05) is 0 Å². The zero-order chi connectivity index (χ0) is 17.2. The van der Waals surface area contributed by atoms with Crippen LogP contribution in [0, 0.1) is 0 Å². The van der Waals surface area contributed by atoms with Crippen molar-refractivity contribution in [3.63, 3.8) is 0 Å². The van der Waals surface area contributed by atoms with Gasteiger partial charge in [0, 0.05) is 10.6 Å². The van der Waals surface area contributed by atoms with Crippen LogP contribution in [0.3, 0.4) is 0 Å². The molecular formula is C17H13ClN2O3S. The normalized spacial score (nSPS) is 12.3. The summed E-state index contributed by atoms with van der Waals surface area (Å²) in [5.41, 5.74) is 6.25. The van der Waals surface area contributed by atoms with Crippen LogP contribution in [-0.2, 0) is 14.4 Å². The van der Waals surface area contributed by atoms with Crippen LogP contribution in [0.5, 0.6) is 0 Å². The maximum absolute atomic E-state index is 12.3. The summed E-state index contributed by atoms with van der Waals surface area (Å²) in [6.07, 6.45) is 0. The molecule has 0 aliphatic heterocycles. The van der Waals surface area contributed by atoms with Gasteiger partial charge in [0.2, 0.25) is 0 Å². The number of oxime groups is 1. The van der Waals surface area contributed by atoms with Crippen LogP contribution in [0.4, 0.5) is 0 Å². The topological polar surface area (TPSA) is 81.8 Å². The van der Waals surface area contributed by atoms with Crippen molar-refractivity contribution in [3.05, 3.63) is 77.3 Å². The van der Waals surface area contributed by atoms with E-state index in [4.69, 9.17) is 21.6 Å². The second-order valence-electron chi connectivity index (χ2n) is 5.02. The van der Waals surface area contributed by atoms with Gasteiger partial charge >= 0.3 is 10.1 Å². The summed E-state index contributed by atoms with van der Waals surface area (Å²) in [6.45, 7) is 0. The Bertz CT molecular complexity index is 1020. The van der Waals surface area contributed by atoms with Gasteiger partial charge in [0.25, 0.3) is 0 Å². The lowest BCUT2D eigenvalue weighted by Crippen LogP contribution is -2.15. The lowest BCUT2D eigenvalue weighted by molar-refractivity contribution is 0.338. The van der Waals surface area contributed by atoms with Crippen LogP contribution in [0.15, 0.2) is 76.8 Å². The zero-order valence-corrected chi connectivity index (χ0v) is 14.0. The van der Waals surface area contributed by atoms with E-state index < -0.39 is 10.1 Å². The van der Waals surface area contributed by atoms with Crippen molar-refractivity contribution in [2.45, 2.75) is 4.90 Å². The fraction of sp³-hybridized carbons (Fsp3) is 0. The number of nitrogens with two attached hydrogens (primary N) is 1. The van der Waals surface area contributed by atoms with Gasteiger partial charge in [-0.2, -0.15) is 8.42 Å². The summed E-state index contributed by atoms with van der Waals surface area (Å²) >= 11 is 5.79. The monoisotopic (exact) mass is 360 g/mol. The molecule has 0 aliphatic rings. The molecule has 24 heavy (non-hydrogen) atoms. The number of benzene rings is 3. The predicted octanol–water partition coefficient (Wildman–Crippen LogP) is 3.52. The quantitative estimate of drug-likeness (QED) is 0.438. The molecule has 7 heteroatoms. The Balaban J connectivity index is 1.86. The molecule has 0 atom stereocenters. The molecule has 0 fully saturated rings. The van der Waals surface area contributed by atoms with E-state index in [2.05, 4.69) is 5.16 Å². The number of amidine groups is 1. The first-order chi connectivity index (χ1) is 11.5. The number of fused-ring (bicyclic) bond motifs is 1. The van der Waals surface area contributed by atoms with Gasteiger partial charge in [-0.05, 0) is 52.3 Å². The lowest BCUT2D eigenvalue weighted by Gasteiger charge is -2.05. The number of halogens is 1. The van der Waals surface area contributed by atoms with E-state index in [1.54, 1.807) is 30.3 Å². The highest BCUT2D eigenvalue weighted by Crippen LogP contribution is 2.20. The van der Waals surface area contributed by atoms with E-state index in [0.29, 0.717) is 10.6 Å². The van der Waals surface area contributed by atoms with Crippen LogP contribution in [-0.4, -0.2) is 14.3 Å². The van der Waals surface area contributed by atoms with Crippen LogP contribution < -0.4 is 5.73 Å². The van der Waals surface area contributed by atoms with Crippen LogP contribution in [0.1, 0.15) is 5.56 Å². The molecule has 0 unspecified atom stereocenters. The Hall–Kier alpha value is -2.57. The molecule has 0 aromatic heterocycles. The smallest absolute Gasteiger partial charge is 0.358 e. The molecule has 5 nitrogen and oxygen atoms in total. The predicted molar refractivity (Wildman–Crippen MR) is 94.4 cm³/mol. The number of hydrogen-bond acceptors (Lipinski definition) is 4. The van der Waals surface area contributed by atoms with Gasteiger partial charge in [0.15, 0.2) is 5.84 Å². The summed E-state index contributed by atoms with van der Waals surface area (Å²) in [5, 5.41) is 5.77. The minimum atomic E-state index is -4.06. The Morgan fingerprint density at radius 2 is 1.62 bits per heavy atom. The van der Waals surface area contributed by atoms with Gasteiger partial charge < -0.3 is 5.73 Å². The molecule has 0 radical (unpaired) electrons. The first-order valence-corrected chi connectivity index (χ1v) is 8.76. The minimum Gasteiger partial charge on any atom is -0.380 e. The number of nitrogens with zero attached hydrogens (tertiary/aromatic N) is 1. The van der Waals surface area contributed by atoms with E-state index in [9.17, 15) is 8.42 Å². The standard InChI is InChI=1S/C17H13ClN2O3S/c18-15-8-5-13(6-9-15)17(19)20-23-24(21,22)16-10-7-12-3-1-2-4-14(12)11-16/h1-11H,(H2,19,20). The molecule has 0 saturated heterocycles. The van der Waals surface area contributed by atoms with Crippen molar-refractivity contribution in [2.24, 2.45) is 10.9 Å². The summed E-state index contributed by atoms with van der Waals surface area (Å²) in [5.74, 6) is -0.0592. The van der Waals surface area contributed by atoms with E-state index in [1.807, 2.05) is 24.3 Å². The second-order valence-corrected chi connectivity index (χ2v) is 6.99. The van der Waals surface area contributed by atoms with E-state index in [-0.39, 0.29) is 10.7 Å². The lowest BCUT2D eigenvalue weighted by atomic mass is 10.1. The molecule has 0 bridgehead atoms. The van der Waals surface area contributed by atoms with Gasteiger partial charge in [-0.3, -0.25) is 4.28 Å². The highest BCUT2D eigenvalue weighted by Gasteiger charge is 2.16. The second kappa shape index (κ2) is 6.51. The van der Waals surface area contributed by atoms with E-state index in [0.717, 1.165) is 10.8 Å². The fourth-order valence-electron chi connectivity index (χ4n) is 2.13. The molecule has 0 amide bonds. The first-order valence-electron chi connectivity index (χ1n) is 6.97. The summed E-state index contributed by atoms with van der Waals surface area (Å²) in [4.78, 5) is 0.00820. The Morgan fingerprint density at radius 1 is 0.958 bits per heavy atom. The molecular weight excluding hydrogens is 348 g/mol. The Kier molecular flexibility index (Phi) is 4.42. The van der Waals surface area contributed by atoms with Crippen LogP contribution in [0.25, 0.3) is 10.8 Å². The van der Waals surface area contributed by atoms with Crippen LogP contribution in [0.2, 0.25) is 5.02 Å². The van der Waals surface area contributed by atoms with Gasteiger partial charge in [0.05, 0.1) is 0 Å². The summed E-state index contributed by atoms with van der Waals surface area (Å²) in [7, 11) is -4.06. The Morgan fingerprint density at radius 3 is 2.33 bits per heavy atom. The van der Waals surface area contributed by atoms with Gasteiger partial charge in [-0.1, -0.05) is 41.9 Å². The zero-order valence-electron chi connectivity index (χ0n) is 12.4. The highest BCUT2D eigenvalue weighted by atomic mass is 35.5. The van der Waals surface area contributed by atoms with Gasteiger partial charge in [0.1, 0.15) is 4.90 Å². The third-order valence-corrected chi connectivity index (χ3v) is 4.74. The SMILES string of the molecule is N/C(=N\OS(=O)(=O)c1ccc2ccccc2c1)c1ccc(Cl)cc1. The van der Waals surface area contributed by atoms with E-state index in [1.165, 1.54) is 12.1 Å². The minimum absolute atomic E-state index is 0.00820. The fourth-order valence-corrected chi connectivity index (χ4v) is 3.03. The third kappa shape index (κ3) is 3.50. The van der Waals surface area contributed by atoms with Crippen molar-refractivity contribution in [1.82, 2.24) is 0 Å². The van der Waals surface area contributed by atoms with Crippen LogP contribution >= 0.6 is 11.6 Å². The Labute approximate surface area is 144 Å². The molecule has 3 rings (SSSR count). The van der Waals surface area contributed by atoms with Gasteiger partial charge in [-0.15, -0.1) is 0 Å². The van der Waals surface area contributed by atoms with Crippen molar-refractivity contribution in [3.8, 4) is 0 Å². The number of hydrogen-bond donors (Lipinski definition) is 1. The molecule has 122 valence electrons.